The van der Waals surface area contributed by atoms with Gasteiger partial charge >= 0.3 is 6.18 Å². The summed E-state index contributed by atoms with van der Waals surface area (Å²) < 4.78 is 44.2. The van der Waals surface area contributed by atoms with Crippen LogP contribution in [0.4, 0.5) is 18.9 Å². The van der Waals surface area contributed by atoms with Crippen molar-refractivity contribution in [3.05, 3.63) is 52.5 Å². The number of carbonyl (C=O) groups excluding carboxylic acids is 1. The van der Waals surface area contributed by atoms with Crippen molar-refractivity contribution in [2.75, 3.05) is 25.0 Å². The van der Waals surface area contributed by atoms with Crippen molar-refractivity contribution in [3.8, 4) is 11.5 Å². The summed E-state index contributed by atoms with van der Waals surface area (Å²) in [6.45, 7) is 1.45. The maximum absolute atomic E-state index is 12.8. The normalized spacial score (nSPS) is 16.0. The van der Waals surface area contributed by atoms with Gasteiger partial charge in [-0.25, -0.2) is 0 Å². The number of anilines is 1. The van der Waals surface area contributed by atoms with E-state index in [2.05, 4.69) is 15.5 Å². The van der Waals surface area contributed by atoms with Crippen LogP contribution < -0.4 is 5.32 Å². The van der Waals surface area contributed by atoms with Crippen LogP contribution in [-0.2, 0) is 11.0 Å². The van der Waals surface area contributed by atoms with E-state index >= 15 is 0 Å². The van der Waals surface area contributed by atoms with Crippen molar-refractivity contribution in [1.82, 2.24) is 15.1 Å². The highest BCUT2D eigenvalue weighted by molar-refractivity contribution is 7.08. The number of nitrogens with one attached hydrogen (secondary N) is 1. The lowest BCUT2D eigenvalue weighted by Gasteiger charge is -2.29. The van der Waals surface area contributed by atoms with Crippen molar-refractivity contribution in [3.63, 3.8) is 0 Å². The van der Waals surface area contributed by atoms with Gasteiger partial charge in [0.15, 0.2) is 0 Å². The summed E-state index contributed by atoms with van der Waals surface area (Å²) in [4.78, 5) is 14.2. The van der Waals surface area contributed by atoms with Gasteiger partial charge in [-0.3, -0.25) is 9.69 Å². The summed E-state index contributed by atoms with van der Waals surface area (Å²) >= 11 is 1.56. The summed E-state index contributed by atoms with van der Waals surface area (Å²) in [6.07, 6.45) is -2.91. The van der Waals surface area contributed by atoms with Gasteiger partial charge in [0.1, 0.15) is 0 Å². The molecule has 2 aromatic heterocycles. The molecule has 1 fully saturated rings. The van der Waals surface area contributed by atoms with E-state index < -0.39 is 11.7 Å². The van der Waals surface area contributed by atoms with Crippen LogP contribution in [0.1, 0.15) is 30.2 Å². The predicted octanol–water partition coefficient (Wildman–Crippen LogP) is 4.64. The van der Waals surface area contributed by atoms with E-state index in [4.69, 9.17) is 4.42 Å². The molecule has 0 spiro atoms. The molecule has 4 rings (SSSR count). The van der Waals surface area contributed by atoms with Crippen molar-refractivity contribution < 1.29 is 22.4 Å². The quantitative estimate of drug-likeness (QED) is 0.631. The standard InChI is InChI=1S/C20H19F3N4O2S/c21-20(22,23)15-2-1-3-16(10-15)24-17(28)11-27-7-4-13(5-8-27)18-25-26-19(29-18)14-6-9-30-12-14/h1-3,6,9-10,12-13H,4-5,7-8,11H2,(H,24,28). The van der Waals surface area contributed by atoms with Gasteiger partial charge in [0.25, 0.3) is 0 Å². The predicted molar refractivity (Wildman–Crippen MR) is 106 cm³/mol. The minimum Gasteiger partial charge on any atom is -0.420 e. The summed E-state index contributed by atoms with van der Waals surface area (Å²) in [5.74, 6) is 0.899. The van der Waals surface area contributed by atoms with E-state index in [1.54, 1.807) is 11.3 Å². The van der Waals surface area contributed by atoms with Crippen LogP contribution in [0.5, 0.6) is 0 Å². The summed E-state index contributed by atoms with van der Waals surface area (Å²) in [5.41, 5.74) is 0.251. The molecule has 0 radical (unpaired) electrons. The zero-order chi connectivity index (χ0) is 21.1. The Hall–Kier alpha value is -2.72. The van der Waals surface area contributed by atoms with Gasteiger partial charge in [0.05, 0.1) is 12.1 Å². The summed E-state index contributed by atoms with van der Waals surface area (Å²) in [6, 6.07) is 6.55. The SMILES string of the molecule is O=C(CN1CCC(c2nnc(-c3ccsc3)o2)CC1)Nc1cccc(C(F)(F)F)c1. The fraction of sp³-hybridized carbons (Fsp3) is 0.350. The van der Waals surface area contributed by atoms with E-state index in [9.17, 15) is 18.0 Å². The second-order valence-electron chi connectivity index (χ2n) is 7.13. The molecule has 1 amide bonds. The molecular weight excluding hydrogens is 417 g/mol. The number of thiophene rings is 1. The zero-order valence-corrected chi connectivity index (χ0v) is 16.7. The van der Waals surface area contributed by atoms with Crippen LogP contribution in [0.15, 0.2) is 45.5 Å². The van der Waals surface area contributed by atoms with E-state index in [0.717, 1.165) is 30.5 Å². The number of likely N-dealkylation sites (tertiary alicyclic amines) is 1. The van der Waals surface area contributed by atoms with Gasteiger partial charge in [-0.05, 0) is 55.6 Å². The first kappa shape index (κ1) is 20.5. The van der Waals surface area contributed by atoms with Crippen LogP contribution in [0.3, 0.4) is 0 Å². The zero-order valence-electron chi connectivity index (χ0n) is 15.9. The molecule has 3 aromatic rings. The van der Waals surface area contributed by atoms with E-state index in [0.29, 0.717) is 24.9 Å². The number of amides is 1. The van der Waals surface area contributed by atoms with Crippen LogP contribution in [0.2, 0.25) is 0 Å². The molecule has 3 heterocycles. The third-order valence-corrected chi connectivity index (χ3v) is 5.67. The average Bonchev–Trinajstić information content (AvgIpc) is 3.40. The van der Waals surface area contributed by atoms with Gasteiger partial charge < -0.3 is 9.73 Å². The second kappa shape index (κ2) is 8.57. The molecular formula is C20H19F3N4O2S. The highest BCUT2D eigenvalue weighted by atomic mass is 32.1. The highest BCUT2D eigenvalue weighted by Gasteiger charge is 2.31. The first-order valence-electron chi connectivity index (χ1n) is 9.44. The number of benzene rings is 1. The van der Waals surface area contributed by atoms with Crippen LogP contribution in [-0.4, -0.2) is 40.6 Å². The fourth-order valence-corrected chi connectivity index (χ4v) is 4.05. The number of carbonyl (C=O) groups is 1. The Kier molecular flexibility index (Phi) is 5.87. The average molecular weight is 436 g/mol. The first-order valence-corrected chi connectivity index (χ1v) is 10.4. The molecule has 6 nitrogen and oxygen atoms in total. The first-order chi connectivity index (χ1) is 14.4. The number of alkyl halides is 3. The van der Waals surface area contributed by atoms with Crippen molar-refractivity contribution in [2.45, 2.75) is 24.9 Å². The van der Waals surface area contributed by atoms with Crippen LogP contribution in [0.25, 0.3) is 11.5 Å². The number of hydrogen-bond acceptors (Lipinski definition) is 6. The maximum atomic E-state index is 12.8. The Morgan fingerprint density at radius 1 is 1.23 bits per heavy atom. The van der Waals surface area contributed by atoms with Crippen molar-refractivity contribution >= 4 is 22.9 Å². The lowest BCUT2D eigenvalue weighted by Crippen LogP contribution is -2.38. The largest absolute Gasteiger partial charge is 0.420 e. The third kappa shape index (κ3) is 4.88. The molecule has 158 valence electrons. The lowest BCUT2D eigenvalue weighted by molar-refractivity contribution is -0.137. The lowest BCUT2D eigenvalue weighted by atomic mass is 9.97. The molecule has 1 saturated heterocycles. The number of rotatable bonds is 5. The number of hydrogen-bond donors (Lipinski definition) is 1. The van der Waals surface area contributed by atoms with E-state index in [1.807, 2.05) is 21.7 Å². The fourth-order valence-electron chi connectivity index (χ4n) is 3.42. The topological polar surface area (TPSA) is 71.3 Å². The van der Waals surface area contributed by atoms with Gasteiger partial charge in [0, 0.05) is 22.5 Å². The molecule has 1 aromatic carbocycles. The molecule has 30 heavy (non-hydrogen) atoms. The molecule has 0 saturated carbocycles. The number of nitrogens with zero attached hydrogens (tertiary/aromatic N) is 3. The highest BCUT2D eigenvalue weighted by Crippen LogP contribution is 2.31. The molecule has 10 heteroatoms. The maximum Gasteiger partial charge on any atom is 0.416 e. The third-order valence-electron chi connectivity index (χ3n) is 4.99. The van der Waals surface area contributed by atoms with E-state index in [1.165, 1.54) is 12.1 Å². The molecule has 0 unspecified atom stereocenters. The molecule has 0 bridgehead atoms. The second-order valence-corrected chi connectivity index (χ2v) is 7.91. The van der Waals surface area contributed by atoms with Crippen LogP contribution >= 0.6 is 11.3 Å². The van der Waals surface area contributed by atoms with Crippen molar-refractivity contribution in [2.24, 2.45) is 0 Å². The summed E-state index contributed by atoms with van der Waals surface area (Å²) in [5, 5.41) is 14.7. The van der Waals surface area contributed by atoms with Gasteiger partial charge in [-0.1, -0.05) is 6.07 Å². The number of halogens is 3. The Balaban J connectivity index is 1.28. The van der Waals surface area contributed by atoms with Crippen LogP contribution in [0, 0.1) is 0 Å². The number of piperidine rings is 1. The van der Waals surface area contributed by atoms with Gasteiger partial charge in [0.2, 0.25) is 17.7 Å². The van der Waals surface area contributed by atoms with Gasteiger partial charge in [-0.15, -0.1) is 10.2 Å². The molecule has 0 aliphatic carbocycles. The minimum atomic E-state index is -4.44. The smallest absolute Gasteiger partial charge is 0.416 e. The monoisotopic (exact) mass is 436 g/mol. The Morgan fingerprint density at radius 2 is 2.03 bits per heavy atom. The number of aromatic nitrogens is 2. The van der Waals surface area contributed by atoms with Crippen molar-refractivity contribution in [1.29, 1.82) is 0 Å². The van der Waals surface area contributed by atoms with Gasteiger partial charge in [-0.2, -0.15) is 24.5 Å². The molecule has 0 atom stereocenters. The molecule has 1 N–H and O–H groups in total. The van der Waals surface area contributed by atoms with E-state index in [-0.39, 0.29) is 24.1 Å². The molecule has 1 aliphatic rings. The Morgan fingerprint density at radius 3 is 2.73 bits per heavy atom. The summed E-state index contributed by atoms with van der Waals surface area (Å²) in [7, 11) is 0. The molecule has 1 aliphatic heterocycles. The Bertz CT molecular complexity index is 996. The Labute approximate surface area is 174 Å². The minimum absolute atomic E-state index is 0.118.